The lowest BCUT2D eigenvalue weighted by atomic mass is 9.95. The third-order valence-corrected chi connectivity index (χ3v) is 5.97. The van der Waals surface area contributed by atoms with Gasteiger partial charge >= 0.3 is 0 Å². The van der Waals surface area contributed by atoms with Crippen LogP contribution in [0, 0.1) is 0 Å². The molecule has 3 aromatic carbocycles. The quantitative estimate of drug-likeness (QED) is 0.275. The fourth-order valence-electron chi connectivity index (χ4n) is 3.66. The summed E-state index contributed by atoms with van der Waals surface area (Å²) in [6.45, 7) is 0. The minimum atomic E-state index is -0.975. The van der Waals surface area contributed by atoms with Crippen LogP contribution in [-0.4, -0.2) is 29.0 Å². The summed E-state index contributed by atoms with van der Waals surface area (Å²) in [5.74, 6) is -1.86. The van der Waals surface area contributed by atoms with E-state index >= 15 is 0 Å². The molecule has 0 bridgehead atoms. The number of phenols is 1. The number of hydrogen-bond donors (Lipinski definition) is 2. The van der Waals surface area contributed by atoms with Gasteiger partial charge < -0.3 is 14.9 Å². The monoisotopic (exact) mass is 513 g/mol. The number of Topliss-reactive ketones (excluding diaryl/α,β-unsaturated/α-hetero) is 1. The van der Waals surface area contributed by atoms with Gasteiger partial charge in [0.05, 0.1) is 18.7 Å². The van der Waals surface area contributed by atoms with E-state index in [2.05, 4.69) is 15.9 Å². The van der Waals surface area contributed by atoms with Crippen LogP contribution in [-0.2, 0) is 9.59 Å². The van der Waals surface area contributed by atoms with Crippen molar-refractivity contribution in [3.63, 3.8) is 0 Å². The molecule has 2 N–H and O–H groups in total. The highest BCUT2D eigenvalue weighted by Crippen LogP contribution is 2.44. The van der Waals surface area contributed by atoms with Gasteiger partial charge in [-0.05, 0) is 54.1 Å². The number of hydrogen-bond acceptors (Lipinski definition) is 5. The van der Waals surface area contributed by atoms with Crippen LogP contribution in [0.2, 0.25) is 5.02 Å². The summed E-state index contributed by atoms with van der Waals surface area (Å²) in [7, 11) is 1.42. The van der Waals surface area contributed by atoms with Crippen LogP contribution in [0.15, 0.2) is 76.8 Å². The molecule has 0 aliphatic carbocycles. The van der Waals surface area contributed by atoms with E-state index in [9.17, 15) is 19.8 Å². The molecule has 1 saturated heterocycles. The van der Waals surface area contributed by atoms with Crippen LogP contribution in [0.1, 0.15) is 17.2 Å². The molecule has 32 heavy (non-hydrogen) atoms. The van der Waals surface area contributed by atoms with Gasteiger partial charge in [0.2, 0.25) is 0 Å². The smallest absolute Gasteiger partial charge is 0.300 e. The number of ether oxygens (including phenoxy) is 1. The summed E-state index contributed by atoms with van der Waals surface area (Å²) in [6.07, 6.45) is 0. The molecule has 1 aliphatic rings. The van der Waals surface area contributed by atoms with E-state index in [1.807, 2.05) is 0 Å². The Labute approximate surface area is 197 Å². The van der Waals surface area contributed by atoms with Gasteiger partial charge in [-0.1, -0.05) is 45.7 Å². The average Bonchev–Trinajstić information content (AvgIpc) is 3.05. The van der Waals surface area contributed by atoms with Gasteiger partial charge in [0.1, 0.15) is 5.76 Å². The number of methoxy groups -OCH3 is 1. The fourth-order valence-corrected chi connectivity index (χ4v) is 4.05. The van der Waals surface area contributed by atoms with Crippen molar-refractivity contribution in [3.8, 4) is 11.5 Å². The van der Waals surface area contributed by atoms with Crippen molar-refractivity contribution >= 4 is 50.7 Å². The van der Waals surface area contributed by atoms with Gasteiger partial charge in [-0.15, -0.1) is 0 Å². The summed E-state index contributed by atoms with van der Waals surface area (Å²) < 4.78 is 5.90. The van der Waals surface area contributed by atoms with E-state index in [-0.39, 0.29) is 22.8 Å². The number of halogens is 2. The number of carbonyl (C=O) groups excluding carboxylic acids is 2. The van der Waals surface area contributed by atoms with Gasteiger partial charge in [0.25, 0.3) is 11.7 Å². The van der Waals surface area contributed by atoms with E-state index in [0.717, 1.165) is 4.47 Å². The first-order valence-corrected chi connectivity index (χ1v) is 10.7. The zero-order valence-electron chi connectivity index (χ0n) is 16.8. The van der Waals surface area contributed by atoms with Crippen LogP contribution < -0.4 is 9.64 Å². The lowest BCUT2D eigenvalue weighted by Gasteiger charge is -2.25. The molecule has 0 spiro atoms. The molecule has 162 valence electrons. The van der Waals surface area contributed by atoms with Gasteiger partial charge in [0, 0.05) is 20.7 Å². The Morgan fingerprint density at radius 3 is 2.28 bits per heavy atom. The topological polar surface area (TPSA) is 87.1 Å². The van der Waals surface area contributed by atoms with Gasteiger partial charge in [0.15, 0.2) is 11.5 Å². The second kappa shape index (κ2) is 8.68. The van der Waals surface area contributed by atoms with Crippen molar-refractivity contribution in [2.45, 2.75) is 6.04 Å². The maximum absolute atomic E-state index is 13.1. The van der Waals surface area contributed by atoms with Crippen molar-refractivity contribution in [1.82, 2.24) is 0 Å². The molecule has 1 unspecified atom stereocenters. The molecule has 0 aromatic heterocycles. The normalized spacial score (nSPS) is 17.6. The number of phenolic OH excluding ortho intramolecular Hbond substituents is 1. The number of carbonyl (C=O) groups is 2. The number of rotatable bonds is 4. The highest BCUT2D eigenvalue weighted by atomic mass is 79.9. The summed E-state index contributed by atoms with van der Waals surface area (Å²) in [4.78, 5) is 27.5. The third-order valence-electron chi connectivity index (χ3n) is 5.19. The van der Waals surface area contributed by atoms with Crippen molar-refractivity contribution in [2.24, 2.45) is 0 Å². The number of aliphatic hydroxyl groups excluding tert-OH is 1. The highest BCUT2D eigenvalue weighted by molar-refractivity contribution is 9.10. The first-order valence-electron chi connectivity index (χ1n) is 9.51. The molecule has 1 amide bonds. The Hall–Kier alpha value is -3.29. The highest BCUT2D eigenvalue weighted by Gasteiger charge is 2.47. The van der Waals surface area contributed by atoms with E-state index in [1.54, 1.807) is 54.6 Å². The number of aromatic hydroxyl groups is 1. The van der Waals surface area contributed by atoms with E-state index < -0.39 is 17.7 Å². The van der Waals surface area contributed by atoms with Crippen LogP contribution >= 0.6 is 27.5 Å². The second-order valence-electron chi connectivity index (χ2n) is 7.08. The molecule has 1 heterocycles. The molecule has 4 rings (SSSR count). The largest absolute Gasteiger partial charge is 0.507 e. The van der Waals surface area contributed by atoms with Gasteiger partial charge in [-0.3, -0.25) is 14.5 Å². The SMILES string of the molecule is COc1ccc(C2/C(=C(/O)c3ccc(Br)cc3)C(=O)C(=O)N2c2ccc(Cl)cc2)cc1O. The Morgan fingerprint density at radius 1 is 1.03 bits per heavy atom. The van der Waals surface area contributed by atoms with Crippen molar-refractivity contribution < 1.29 is 24.5 Å². The standard InChI is InChI=1S/C24H17BrClNO5/c1-32-19-11-4-14(12-18(19)28)21-20(22(29)13-2-5-15(25)6-3-13)23(30)24(31)27(21)17-9-7-16(26)8-10-17/h2-12,21,28-29H,1H3/b22-20-. The molecule has 1 aliphatic heterocycles. The molecular weight excluding hydrogens is 498 g/mol. The Balaban J connectivity index is 1.95. The molecule has 0 radical (unpaired) electrons. The predicted molar refractivity (Wildman–Crippen MR) is 125 cm³/mol. The summed E-state index contributed by atoms with van der Waals surface area (Å²) >= 11 is 9.33. The fraction of sp³-hybridized carbons (Fsp3) is 0.0833. The van der Waals surface area contributed by atoms with Gasteiger partial charge in [-0.25, -0.2) is 0 Å². The minimum absolute atomic E-state index is 0.0863. The molecule has 1 atom stereocenters. The maximum Gasteiger partial charge on any atom is 0.300 e. The summed E-state index contributed by atoms with van der Waals surface area (Å²) in [6, 6.07) is 16.8. The maximum atomic E-state index is 13.1. The van der Waals surface area contributed by atoms with Crippen LogP contribution in [0.4, 0.5) is 5.69 Å². The van der Waals surface area contributed by atoms with Crippen LogP contribution in [0.5, 0.6) is 11.5 Å². The lowest BCUT2D eigenvalue weighted by Crippen LogP contribution is -2.29. The molecule has 0 saturated carbocycles. The number of ketones is 1. The van der Waals surface area contributed by atoms with Crippen molar-refractivity contribution in [3.05, 3.63) is 92.9 Å². The van der Waals surface area contributed by atoms with Crippen molar-refractivity contribution in [1.29, 1.82) is 0 Å². The molecule has 1 fully saturated rings. The molecule has 6 nitrogen and oxygen atoms in total. The first kappa shape index (κ1) is 21.9. The minimum Gasteiger partial charge on any atom is -0.507 e. The summed E-state index contributed by atoms with van der Waals surface area (Å²) in [5.41, 5.74) is 1.14. The molecular formula is C24H17BrClNO5. The average molecular weight is 515 g/mol. The van der Waals surface area contributed by atoms with Crippen molar-refractivity contribution in [2.75, 3.05) is 12.0 Å². The zero-order valence-corrected chi connectivity index (χ0v) is 19.1. The number of aliphatic hydroxyl groups is 1. The zero-order chi connectivity index (χ0) is 23.0. The third kappa shape index (κ3) is 3.85. The molecule has 3 aromatic rings. The number of amides is 1. The Morgan fingerprint density at radius 2 is 1.69 bits per heavy atom. The van der Waals surface area contributed by atoms with E-state index in [0.29, 0.717) is 21.8 Å². The van der Waals surface area contributed by atoms with Crippen LogP contribution in [0.3, 0.4) is 0 Å². The number of anilines is 1. The van der Waals surface area contributed by atoms with Crippen LogP contribution in [0.25, 0.3) is 5.76 Å². The Kier molecular flexibility index (Phi) is 5.95. The van der Waals surface area contributed by atoms with Gasteiger partial charge in [-0.2, -0.15) is 0 Å². The number of benzene rings is 3. The molecule has 8 heteroatoms. The van der Waals surface area contributed by atoms with E-state index in [4.69, 9.17) is 16.3 Å². The van der Waals surface area contributed by atoms with E-state index in [1.165, 1.54) is 24.1 Å². The lowest BCUT2D eigenvalue weighted by molar-refractivity contribution is -0.132. The first-order chi connectivity index (χ1) is 15.3. The second-order valence-corrected chi connectivity index (χ2v) is 8.44. The Bertz CT molecular complexity index is 1240. The number of nitrogens with zero attached hydrogens (tertiary/aromatic N) is 1. The summed E-state index contributed by atoms with van der Waals surface area (Å²) in [5, 5.41) is 21.9. The predicted octanol–water partition coefficient (Wildman–Crippen LogP) is 5.44.